The van der Waals surface area contributed by atoms with E-state index in [2.05, 4.69) is 71.2 Å². The highest BCUT2D eigenvalue weighted by Gasteiger charge is 2.24. The minimum atomic E-state index is 0.474. The first-order valence-electron chi connectivity index (χ1n) is 10.6. The SMILES string of the molecule is Cc1nc(OC[C@@H]2CCCN2C)nc2c1CCN(c1cccc3ccccc13)C2. The molecule has 0 aliphatic carbocycles. The van der Waals surface area contributed by atoms with Crippen LogP contribution < -0.4 is 9.64 Å². The van der Waals surface area contributed by atoms with Gasteiger partial charge >= 0.3 is 6.01 Å². The van der Waals surface area contributed by atoms with Crippen LogP contribution in [0.5, 0.6) is 6.01 Å². The molecule has 0 radical (unpaired) electrons. The van der Waals surface area contributed by atoms with Crippen LogP contribution in [0.4, 0.5) is 5.69 Å². The van der Waals surface area contributed by atoms with Gasteiger partial charge in [-0.15, -0.1) is 0 Å². The second kappa shape index (κ2) is 7.64. The average molecular weight is 389 g/mol. The smallest absolute Gasteiger partial charge is 0.316 e. The molecule has 1 atom stereocenters. The summed E-state index contributed by atoms with van der Waals surface area (Å²) in [6.45, 7) is 5.69. The summed E-state index contributed by atoms with van der Waals surface area (Å²) in [5.41, 5.74) is 4.72. The number of rotatable bonds is 4. The molecule has 5 nitrogen and oxygen atoms in total. The predicted molar refractivity (Wildman–Crippen MR) is 117 cm³/mol. The molecular formula is C24H28N4O. The van der Waals surface area contributed by atoms with Gasteiger partial charge in [0.15, 0.2) is 0 Å². The van der Waals surface area contributed by atoms with E-state index in [1.807, 2.05) is 0 Å². The average Bonchev–Trinajstić information content (AvgIpc) is 3.16. The minimum Gasteiger partial charge on any atom is -0.462 e. The van der Waals surface area contributed by atoms with E-state index < -0.39 is 0 Å². The number of likely N-dealkylation sites (N-methyl/N-ethyl adjacent to an activating group) is 1. The molecule has 1 aromatic heterocycles. The summed E-state index contributed by atoms with van der Waals surface area (Å²) in [6, 6.07) is 16.1. The maximum absolute atomic E-state index is 6.04. The Balaban J connectivity index is 1.39. The van der Waals surface area contributed by atoms with E-state index >= 15 is 0 Å². The van der Waals surface area contributed by atoms with Gasteiger partial charge < -0.3 is 14.5 Å². The predicted octanol–water partition coefficient (Wildman–Crippen LogP) is 3.97. The summed E-state index contributed by atoms with van der Waals surface area (Å²) >= 11 is 0. The molecule has 0 amide bonds. The largest absolute Gasteiger partial charge is 0.462 e. The molecule has 3 heterocycles. The fourth-order valence-electron chi connectivity index (χ4n) is 4.71. The molecule has 0 bridgehead atoms. The summed E-state index contributed by atoms with van der Waals surface area (Å²) in [5.74, 6) is 0. The third-order valence-corrected chi connectivity index (χ3v) is 6.44. The topological polar surface area (TPSA) is 41.5 Å². The van der Waals surface area contributed by atoms with Gasteiger partial charge in [0.2, 0.25) is 0 Å². The highest BCUT2D eigenvalue weighted by Crippen LogP contribution is 2.31. The number of ether oxygens (including phenoxy) is 1. The highest BCUT2D eigenvalue weighted by molar-refractivity contribution is 5.94. The van der Waals surface area contributed by atoms with Gasteiger partial charge in [-0.05, 0) is 56.8 Å². The van der Waals surface area contributed by atoms with Gasteiger partial charge in [-0.2, -0.15) is 4.98 Å². The van der Waals surface area contributed by atoms with Crippen molar-refractivity contribution in [2.75, 3.05) is 31.6 Å². The molecule has 5 rings (SSSR count). The van der Waals surface area contributed by atoms with Crippen molar-refractivity contribution in [1.29, 1.82) is 0 Å². The van der Waals surface area contributed by atoms with Crippen molar-refractivity contribution < 1.29 is 4.74 Å². The fourth-order valence-corrected chi connectivity index (χ4v) is 4.71. The molecule has 1 saturated heterocycles. The molecule has 3 aromatic rings. The van der Waals surface area contributed by atoms with E-state index in [1.165, 1.54) is 34.9 Å². The number of likely N-dealkylation sites (tertiary alicyclic amines) is 1. The quantitative estimate of drug-likeness (QED) is 0.676. The standard InChI is InChI=1S/C24H28N4O/c1-17-20-12-14-28(23-11-5-8-18-7-3-4-10-21(18)23)15-22(20)26-24(25-17)29-16-19-9-6-13-27(19)2/h3-5,7-8,10-11,19H,6,9,12-16H2,1-2H3/t19-/m0/s1. The summed E-state index contributed by atoms with van der Waals surface area (Å²) in [5, 5.41) is 2.57. The Morgan fingerprint density at radius 2 is 1.93 bits per heavy atom. The lowest BCUT2D eigenvalue weighted by atomic mass is 10.0. The van der Waals surface area contributed by atoms with E-state index in [1.54, 1.807) is 0 Å². The van der Waals surface area contributed by atoms with Gasteiger partial charge in [-0.3, -0.25) is 0 Å². The van der Waals surface area contributed by atoms with Crippen molar-refractivity contribution in [3.63, 3.8) is 0 Å². The zero-order valence-corrected chi connectivity index (χ0v) is 17.3. The molecule has 29 heavy (non-hydrogen) atoms. The normalized spacial score (nSPS) is 19.5. The molecule has 150 valence electrons. The Morgan fingerprint density at radius 3 is 2.79 bits per heavy atom. The van der Waals surface area contributed by atoms with Crippen molar-refractivity contribution in [2.24, 2.45) is 0 Å². The second-order valence-corrected chi connectivity index (χ2v) is 8.27. The Labute approximate surface area is 172 Å². The Bertz CT molecular complexity index is 1030. The molecule has 5 heteroatoms. The first-order valence-corrected chi connectivity index (χ1v) is 10.6. The van der Waals surface area contributed by atoms with Crippen molar-refractivity contribution in [2.45, 2.75) is 38.8 Å². The molecule has 1 fully saturated rings. The lowest BCUT2D eigenvalue weighted by Gasteiger charge is -2.31. The van der Waals surface area contributed by atoms with E-state index in [9.17, 15) is 0 Å². The van der Waals surface area contributed by atoms with Crippen molar-refractivity contribution in [1.82, 2.24) is 14.9 Å². The lowest BCUT2D eigenvalue weighted by Crippen LogP contribution is -2.33. The molecular weight excluding hydrogens is 360 g/mol. The summed E-state index contributed by atoms with van der Waals surface area (Å²) in [6.07, 6.45) is 3.40. The minimum absolute atomic E-state index is 0.474. The maximum Gasteiger partial charge on any atom is 0.316 e. The molecule has 2 aliphatic heterocycles. The van der Waals surface area contributed by atoms with Crippen LogP contribution in [-0.4, -0.2) is 47.7 Å². The first kappa shape index (κ1) is 18.4. The van der Waals surface area contributed by atoms with Gasteiger partial charge in [0.1, 0.15) is 6.61 Å². The van der Waals surface area contributed by atoms with Gasteiger partial charge in [-0.25, -0.2) is 4.98 Å². The highest BCUT2D eigenvalue weighted by atomic mass is 16.5. The molecule has 2 aliphatic rings. The molecule has 2 aromatic carbocycles. The number of aromatic nitrogens is 2. The summed E-state index contributed by atoms with van der Waals surface area (Å²) < 4.78 is 6.04. The molecule has 0 unspecified atom stereocenters. The maximum atomic E-state index is 6.04. The van der Waals surface area contributed by atoms with Crippen LogP contribution >= 0.6 is 0 Å². The van der Waals surface area contributed by atoms with Crippen molar-refractivity contribution in [3.8, 4) is 6.01 Å². The van der Waals surface area contributed by atoms with Crippen LogP contribution in [0.15, 0.2) is 42.5 Å². The lowest BCUT2D eigenvalue weighted by molar-refractivity contribution is 0.187. The van der Waals surface area contributed by atoms with Crippen LogP contribution in [0.3, 0.4) is 0 Å². The second-order valence-electron chi connectivity index (χ2n) is 8.27. The van der Waals surface area contributed by atoms with Gasteiger partial charge in [-0.1, -0.05) is 36.4 Å². The van der Waals surface area contributed by atoms with Crippen LogP contribution in [-0.2, 0) is 13.0 Å². The number of hydrogen-bond donors (Lipinski definition) is 0. The van der Waals surface area contributed by atoms with Crippen LogP contribution in [0.1, 0.15) is 29.8 Å². The monoisotopic (exact) mass is 388 g/mol. The van der Waals surface area contributed by atoms with E-state index in [0.29, 0.717) is 18.7 Å². The Morgan fingerprint density at radius 1 is 1.07 bits per heavy atom. The zero-order valence-electron chi connectivity index (χ0n) is 17.3. The fraction of sp³-hybridized carbons (Fsp3) is 0.417. The number of anilines is 1. The number of nitrogens with zero attached hydrogens (tertiary/aromatic N) is 4. The van der Waals surface area contributed by atoms with Crippen molar-refractivity contribution >= 4 is 16.5 Å². The number of aryl methyl sites for hydroxylation is 1. The van der Waals surface area contributed by atoms with E-state index in [-0.39, 0.29) is 0 Å². The number of hydrogen-bond acceptors (Lipinski definition) is 5. The number of benzene rings is 2. The number of fused-ring (bicyclic) bond motifs is 2. The molecule has 0 spiro atoms. The third kappa shape index (κ3) is 3.55. The van der Waals surface area contributed by atoms with Gasteiger partial charge in [0, 0.05) is 29.4 Å². The van der Waals surface area contributed by atoms with Crippen LogP contribution in [0.2, 0.25) is 0 Å². The van der Waals surface area contributed by atoms with E-state index in [0.717, 1.165) is 37.4 Å². The van der Waals surface area contributed by atoms with Gasteiger partial charge in [0.25, 0.3) is 0 Å². The molecule has 0 saturated carbocycles. The van der Waals surface area contributed by atoms with Crippen molar-refractivity contribution in [3.05, 3.63) is 59.4 Å². The Hall–Kier alpha value is -2.66. The third-order valence-electron chi connectivity index (χ3n) is 6.44. The van der Waals surface area contributed by atoms with E-state index in [4.69, 9.17) is 9.72 Å². The summed E-state index contributed by atoms with van der Waals surface area (Å²) in [4.78, 5) is 14.3. The Kier molecular flexibility index (Phi) is 4.84. The van der Waals surface area contributed by atoms with Crippen LogP contribution in [0.25, 0.3) is 10.8 Å². The summed E-state index contributed by atoms with van der Waals surface area (Å²) in [7, 11) is 2.17. The molecule has 0 N–H and O–H groups in total. The van der Waals surface area contributed by atoms with Gasteiger partial charge in [0.05, 0.1) is 12.2 Å². The van der Waals surface area contributed by atoms with Crippen LogP contribution in [0, 0.1) is 6.92 Å². The first-order chi connectivity index (χ1) is 14.2. The zero-order chi connectivity index (χ0) is 19.8.